The molecule has 4 rings (SSSR count). The van der Waals surface area contributed by atoms with Crippen LogP contribution < -0.4 is 10.5 Å². The van der Waals surface area contributed by atoms with Gasteiger partial charge in [0, 0.05) is 17.7 Å². The summed E-state index contributed by atoms with van der Waals surface area (Å²) in [7, 11) is 0. The second-order valence-electron chi connectivity index (χ2n) is 7.42. The summed E-state index contributed by atoms with van der Waals surface area (Å²) in [6, 6.07) is 7.59. The third-order valence-electron chi connectivity index (χ3n) is 5.85. The third kappa shape index (κ3) is 2.92. The van der Waals surface area contributed by atoms with E-state index < -0.39 is 0 Å². The first kappa shape index (κ1) is 14.9. The van der Waals surface area contributed by atoms with E-state index in [-0.39, 0.29) is 5.56 Å². The molecule has 1 N–H and O–H groups in total. The topological polar surface area (TPSA) is 38.8 Å². The zero-order chi connectivity index (χ0) is 15.8. The number of hydrogen-bond donors (Lipinski definition) is 1. The standard InChI is InChI=1S/C19H25N3O/c1-14-5-4-8-18-20-17(11-19(23)22(14)18)13-21-10-9-15-6-2-3-7-16(15)12-21/h4-5,8,11,15-16H,2-3,6-7,9-10,12-13H2,1H3/p+1/t15-,16+/m0/s1. The van der Waals surface area contributed by atoms with E-state index in [0.717, 1.165) is 35.4 Å². The Labute approximate surface area is 137 Å². The Hall–Kier alpha value is -1.68. The van der Waals surface area contributed by atoms with Crippen molar-refractivity contribution in [2.75, 3.05) is 13.1 Å². The molecule has 1 aliphatic heterocycles. The van der Waals surface area contributed by atoms with Gasteiger partial charge in [-0.1, -0.05) is 18.9 Å². The summed E-state index contributed by atoms with van der Waals surface area (Å²) in [5.74, 6) is 1.86. The fourth-order valence-electron chi connectivity index (χ4n) is 4.67. The lowest BCUT2D eigenvalue weighted by molar-refractivity contribution is -0.924. The minimum absolute atomic E-state index is 0.0510. The van der Waals surface area contributed by atoms with Gasteiger partial charge < -0.3 is 4.90 Å². The maximum absolute atomic E-state index is 12.4. The molecule has 4 heteroatoms. The van der Waals surface area contributed by atoms with Crippen molar-refractivity contribution in [1.29, 1.82) is 0 Å². The summed E-state index contributed by atoms with van der Waals surface area (Å²) < 4.78 is 1.70. The van der Waals surface area contributed by atoms with Crippen LogP contribution in [0.25, 0.3) is 5.65 Å². The molecular weight excluding hydrogens is 286 g/mol. The first-order valence-corrected chi connectivity index (χ1v) is 9.02. The summed E-state index contributed by atoms with van der Waals surface area (Å²) >= 11 is 0. The van der Waals surface area contributed by atoms with E-state index in [9.17, 15) is 4.79 Å². The van der Waals surface area contributed by atoms with Gasteiger partial charge in [0.2, 0.25) is 0 Å². The lowest BCUT2D eigenvalue weighted by Gasteiger charge is -2.38. The second kappa shape index (κ2) is 6.08. The zero-order valence-electron chi connectivity index (χ0n) is 13.9. The van der Waals surface area contributed by atoms with Gasteiger partial charge in [-0.05, 0) is 44.2 Å². The number of hydrogen-bond acceptors (Lipinski definition) is 2. The van der Waals surface area contributed by atoms with Gasteiger partial charge >= 0.3 is 0 Å². The van der Waals surface area contributed by atoms with Crippen molar-refractivity contribution >= 4 is 5.65 Å². The van der Waals surface area contributed by atoms with Gasteiger partial charge in [-0.15, -0.1) is 0 Å². The van der Waals surface area contributed by atoms with Crippen molar-refractivity contribution in [1.82, 2.24) is 9.38 Å². The predicted octanol–water partition coefficient (Wildman–Crippen LogP) is 1.60. The highest BCUT2D eigenvalue weighted by Gasteiger charge is 2.33. The Bertz CT molecular complexity index is 767. The van der Waals surface area contributed by atoms with Crippen LogP contribution in [-0.4, -0.2) is 22.5 Å². The Morgan fingerprint density at radius 3 is 2.91 bits per heavy atom. The van der Waals surface area contributed by atoms with Gasteiger partial charge in [-0.3, -0.25) is 9.20 Å². The number of piperidine rings is 1. The zero-order valence-corrected chi connectivity index (χ0v) is 13.9. The fourth-order valence-corrected chi connectivity index (χ4v) is 4.67. The molecule has 1 unspecified atom stereocenters. The first-order valence-electron chi connectivity index (χ1n) is 9.02. The SMILES string of the molecule is Cc1cccc2nc(C[NH+]3CC[C@@H]4CCCC[C@@H]4C3)cc(=O)n12. The van der Waals surface area contributed by atoms with Gasteiger partial charge in [-0.2, -0.15) is 0 Å². The average Bonchev–Trinajstić information content (AvgIpc) is 2.54. The number of aromatic nitrogens is 2. The van der Waals surface area contributed by atoms with Gasteiger partial charge in [0.05, 0.1) is 13.1 Å². The molecule has 0 spiro atoms. The lowest BCUT2D eigenvalue weighted by Crippen LogP contribution is -3.12. The molecule has 0 bridgehead atoms. The summed E-state index contributed by atoms with van der Waals surface area (Å²) in [6.45, 7) is 5.34. The number of rotatable bonds is 2. The second-order valence-corrected chi connectivity index (χ2v) is 7.42. The first-order chi connectivity index (χ1) is 11.2. The van der Waals surface area contributed by atoms with E-state index in [1.54, 1.807) is 15.4 Å². The molecule has 2 aromatic heterocycles. The Morgan fingerprint density at radius 2 is 2.04 bits per heavy atom. The van der Waals surface area contributed by atoms with Crippen molar-refractivity contribution < 1.29 is 4.90 Å². The molecule has 2 fully saturated rings. The number of aryl methyl sites for hydroxylation is 1. The van der Waals surface area contributed by atoms with Crippen molar-refractivity contribution in [3.05, 3.63) is 46.0 Å². The molecule has 0 aromatic carbocycles. The molecule has 3 atom stereocenters. The van der Waals surface area contributed by atoms with E-state index in [4.69, 9.17) is 4.98 Å². The molecule has 0 radical (unpaired) electrons. The molecule has 1 aliphatic carbocycles. The van der Waals surface area contributed by atoms with E-state index in [2.05, 4.69) is 0 Å². The van der Waals surface area contributed by atoms with Crippen LogP contribution in [0.15, 0.2) is 29.1 Å². The van der Waals surface area contributed by atoms with Crippen LogP contribution in [0.5, 0.6) is 0 Å². The van der Waals surface area contributed by atoms with Crippen LogP contribution >= 0.6 is 0 Å². The minimum atomic E-state index is 0.0510. The molecule has 122 valence electrons. The minimum Gasteiger partial charge on any atom is -0.330 e. The normalized spacial score (nSPS) is 27.8. The molecule has 2 aromatic rings. The van der Waals surface area contributed by atoms with Gasteiger partial charge in [0.1, 0.15) is 17.9 Å². The molecule has 0 amide bonds. The van der Waals surface area contributed by atoms with Gasteiger partial charge in [0.15, 0.2) is 0 Å². The van der Waals surface area contributed by atoms with E-state index in [1.165, 1.54) is 45.2 Å². The molecule has 23 heavy (non-hydrogen) atoms. The molecule has 4 nitrogen and oxygen atoms in total. The molecule has 1 saturated heterocycles. The molecule has 2 aliphatic rings. The maximum Gasteiger partial charge on any atom is 0.258 e. The fraction of sp³-hybridized carbons (Fsp3) is 0.579. The monoisotopic (exact) mass is 312 g/mol. The molecule has 3 heterocycles. The third-order valence-corrected chi connectivity index (χ3v) is 5.85. The van der Waals surface area contributed by atoms with E-state index >= 15 is 0 Å². The number of fused-ring (bicyclic) bond motifs is 2. The molecular formula is C19H26N3O+. The van der Waals surface area contributed by atoms with Crippen molar-refractivity contribution in [2.45, 2.75) is 45.6 Å². The van der Waals surface area contributed by atoms with E-state index in [1.807, 2.05) is 25.1 Å². The number of nitrogens with zero attached hydrogens (tertiary/aromatic N) is 2. The molecule has 1 saturated carbocycles. The highest BCUT2D eigenvalue weighted by molar-refractivity contribution is 5.40. The van der Waals surface area contributed by atoms with Crippen LogP contribution in [0.1, 0.15) is 43.5 Å². The highest BCUT2D eigenvalue weighted by Crippen LogP contribution is 2.32. The number of pyridine rings is 1. The van der Waals surface area contributed by atoms with Crippen molar-refractivity contribution in [3.63, 3.8) is 0 Å². The van der Waals surface area contributed by atoms with Crippen LogP contribution in [0.4, 0.5) is 0 Å². The summed E-state index contributed by atoms with van der Waals surface area (Å²) in [6.07, 6.45) is 7.03. The highest BCUT2D eigenvalue weighted by atomic mass is 16.1. The van der Waals surface area contributed by atoms with Crippen LogP contribution in [0.3, 0.4) is 0 Å². The smallest absolute Gasteiger partial charge is 0.258 e. The maximum atomic E-state index is 12.4. The Morgan fingerprint density at radius 1 is 1.22 bits per heavy atom. The number of quaternary nitrogens is 1. The Balaban J connectivity index is 1.55. The van der Waals surface area contributed by atoms with Crippen molar-refractivity contribution in [3.8, 4) is 0 Å². The summed E-state index contributed by atoms with van der Waals surface area (Å²) in [4.78, 5) is 18.7. The number of likely N-dealkylation sites (tertiary alicyclic amines) is 1. The van der Waals surface area contributed by atoms with E-state index in [0.29, 0.717) is 0 Å². The summed E-state index contributed by atoms with van der Waals surface area (Å²) in [5, 5.41) is 0. The lowest BCUT2D eigenvalue weighted by atomic mass is 9.75. The van der Waals surface area contributed by atoms with Gasteiger partial charge in [0.25, 0.3) is 5.56 Å². The average molecular weight is 312 g/mol. The van der Waals surface area contributed by atoms with Crippen LogP contribution in [0.2, 0.25) is 0 Å². The van der Waals surface area contributed by atoms with Gasteiger partial charge in [-0.25, -0.2) is 4.98 Å². The summed E-state index contributed by atoms with van der Waals surface area (Å²) in [5.41, 5.74) is 2.72. The largest absolute Gasteiger partial charge is 0.330 e. The quantitative estimate of drug-likeness (QED) is 0.915. The van der Waals surface area contributed by atoms with Crippen molar-refractivity contribution in [2.24, 2.45) is 11.8 Å². The van der Waals surface area contributed by atoms with Crippen LogP contribution in [0, 0.1) is 18.8 Å². The number of nitrogens with one attached hydrogen (secondary N) is 1. The predicted molar refractivity (Wildman–Crippen MR) is 90.7 cm³/mol. The Kier molecular flexibility index (Phi) is 3.93. The van der Waals surface area contributed by atoms with Crippen LogP contribution in [-0.2, 0) is 6.54 Å².